The van der Waals surface area contributed by atoms with E-state index in [9.17, 15) is 0 Å². The summed E-state index contributed by atoms with van der Waals surface area (Å²) in [6, 6.07) is 21.0. The standard InChI is InChI=1S/C26H20ClN3O3S/c1-15-5-6-16(12-18(15)27)20-9-10-22(33-20)25-24(19-4-2-3-11-28-19)29-26(34)30(25)17-7-8-21-23(13-17)32-14-31-21/h2-13,24-25H,14H2,1H3,(H,29,34)/t24-,25-/m0/s1. The zero-order chi connectivity index (χ0) is 23.2. The van der Waals surface area contributed by atoms with Gasteiger partial charge in [-0.2, -0.15) is 0 Å². The van der Waals surface area contributed by atoms with Crippen molar-refractivity contribution in [3.05, 3.63) is 95.0 Å². The summed E-state index contributed by atoms with van der Waals surface area (Å²) in [5.74, 6) is 2.90. The van der Waals surface area contributed by atoms with Crippen molar-refractivity contribution in [1.82, 2.24) is 10.3 Å². The number of hydrogen-bond donors (Lipinski definition) is 1. The number of rotatable bonds is 4. The van der Waals surface area contributed by atoms with E-state index in [0.29, 0.717) is 15.9 Å². The third-order valence-electron chi connectivity index (χ3n) is 6.11. The third-order valence-corrected chi connectivity index (χ3v) is 6.83. The molecule has 0 spiro atoms. The lowest BCUT2D eigenvalue weighted by Crippen LogP contribution is -2.29. The minimum Gasteiger partial charge on any atom is -0.459 e. The van der Waals surface area contributed by atoms with Crippen molar-refractivity contribution in [1.29, 1.82) is 0 Å². The topological polar surface area (TPSA) is 59.8 Å². The van der Waals surface area contributed by atoms with Gasteiger partial charge in [0, 0.05) is 28.5 Å². The van der Waals surface area contributed by atoms with Gasteiger partial charge >= 0.3 is 0 Å². The van der Waals surface area contributed by atoms with Crippen LogP contribution in [0.1, 0.15) is 29.1 Å². The largest absolute Gasteiger partial charge is 0.459 e. The van der Waals surface area contributed by atoms with Gasteiger partial charge in [-0.15, -0.1) is 0 Å². The molecule has 6 nitrogen and oxygen atoms in total. The summed E-state index contributed by atoms with van der Waals surface area (Å²) in [6.45, 7) is 2.19. The van der Waals surface area contributed by atoms with Crippen LogP contribution in [0.4, 0.5) is 5.69 Å². The van der Waals surface area contributed by atoms with E-state index in [1.54, 1.807) is 6.20 Å². The second-order valence-corrected chi connectivity index (χ2v) is 8.99. The molecule has 2 aromatic heterocycles. The van der Waals surface area contributed by atoms with Crippen molar-refractivity contribution in [2.75, 3.05) is 11.7 Å². The molecule has 0 saturated carbocycles. The summed E-state index contributed by atoms with van der Waals surface area (Å²) in [5.41, 5.74) is 3.68. The number of aryl methyl sites for hydroxylation is 1. The van der Waals surface area contributed by atoms with Crippen molar-refractivity contribution in [3.63, 3.8) is 0 Å². The lowest BCUT2D eigenvalue weighted by molar-refractivity contribution is 0.174. The number of benzene rings is 2. The Morgan fingerprint density at radius 2 is 1.91 bits per heavy atom. The van der Waals surface area contributed by atoms with Gasteiger partial charge in [-0.1, -0.05) is 29.8 Å². The molecule has 8 heteroatoms. The summed E-state index contributed by atoms with van der Waals surface area (Å²) in [7, 11) is 0. The molecule has 2 aromatic carbocycles. The lowest BCUT2D eigenvalue weighted by atomic mass is 10.0. The predicted molar refractivity (Wildman–Crippen MR) is 134 cm³/mol. The zero-order valence-corrected chi connectivity index (χ0v) is 19.8. The second-order valence-electron chi connectivity index (χ2n) is 8.20. The van der Waals surface area contributed by atoms with Crippen LogP contribution in [0.3, 0.4) is 0 Å². The molecule has 4 aromatic rings. The monoisotopic (exact) mass is 489 g/mol. The van der Waals surface area contributed by atoms with Gasteiger partial charge in [0.15, 0.2) is 16.6 Å². The van der Waals surface area contributed by atoms with Gasteiger partial charge in [0.25, 0.3) is 0 Å². The smallest absolute Gasteiger partial charge is 0.231 e. The maximum absolute atomic E-state index is 6.41. The minimum absolute atomic E-state index is 0.209. The van der Waals surface area contributed by atoms with Crippen LogP contribution >= 0.6 is 23.8 Å². The summed E-state index contributed by atoms with van der Waals surface area (Å²) in [5, 5.41) is 4.72. The fourth-order valence-corrected chi connectivity index (χ4v) is 4.90. The molecular weight excluding hydrogens is 470 g/mol. The van der Waals surface area contributed by atoms with E-state index in [0.717, 1.165) is 39.8 Å². The van der Waals surface area contributed by atoms with Gasteiger partial charge < -0.3 is 24.1 Å². The van der Waals surface area contributed by atoms with Gasteiger partial charge in [-0.3, -0.25) is 4.98 Å². The number of pyridine rings is 1. The number of nitrogens with one attached hydrogen (secondary N) is 1. The Hall–Kier alpha value is -3.55. The van der Waals surface area contributed by atoms with Crippen molar-refractivity contribution < 1.29 is 13.9 Å². The lowest BCUT2D eigenvalue weighted by Gasteiger charge is -2.26. The van der Waals surface area contributed by atoms with Crippen LogP contribution in [0.2, 0.25) is 5.02 Å². The van der Waals surface area contributed by atoms with Crippen molar-refractivity contribution in [2.24, 2.45) is 0 Å². The number of aromatic nitrogens is 1. The van der Waals surface area contributed by atoms with Crippen LogP contribution in [0, 0.1) is 6.92 Å². The van der Waals surface area contributed by atoms with E-state index in [4.69, 9.17) is 37.7 Å². The first-order chi connectivity index (χ1) is 16.6. The number of halogens is 1. The van der Waals surface area contributed by atoms with Crippen LogP contribution in [-0.2, 0) is 0 Å². The molecule has 0 aliphatic carbocycles. The Kier molecular flexibility index (Phi) is 5.16. The summed E-state index contributed by atoms with van der Waals surface area (Å²) in [6.07, 6.45) is 1.78. The Morgan fingerprint density at radius 3 is 2.74 bits per heavy atom. The molecule has 0 radical (unpaired) electrons. The fraction of sp³-hybridized carbons (Fsp3) is 0.154. The molecule has 1 fully saturated rings. The molecule has 6 rings (SSSR count). The number of hydrogen-bond acceptors (Lipinski definition) is 5. The highest BCUT2D eigenvalue weighted by Crippen LogP contribution is 2.45. The Morgan fingerprint density at radius 1 is 1.03 bits per heavy atom. The number of thiocarbonyl (C=S) groups is 1. The molecule has 2 aliphatic rings. The molecule has 34 heavy (non-hydrogen) atoms. The van der Waals surface area contributed by atoms with E-state index >= 15 is 0 Å². The van der Waals surface area contributed by atoms with E-state index in [2.05, 4.69) is 10.3 Å². The highest BCUT2D eigenvalue weighted by atomic mass is 35.5. The van der Waals surface area contributed by atoms with Gasteiger partial charge in [0.05, 0.1) is 11.7 Å². The van der Waals surface area contributed by atoms with Crippen LogP contribution in [0.15, 0.2) is 77.3 Å². The van der Waals surface area contributed by atoms with E-state index < -0.39 is 0 Å². The van der Waals surface area contributed by atoms with Crippen LogP contribution in [-0.4, -0.2) is 16.9 Å². The number of ether oxygens (including phenoxy) is 2. The van der Waals surface area contributed by atoms with Gasteiger partial charge in [0.2, 0.25) is 6.79 Å². The first-order valence-electron chi connectivity index (χ1n) is 10.8. The number of furan rings is 1. The van der Waals surface area contributed by atoms with E-state index in [1.807, 2.05) is 78.6 Å². The highest BCUT2D eigenvalue weighted by Gasteiger charge is 2.43. The Labute approximate surface area is 207 Å². The maximum Gasteiger partial charge on any atom is 0.231 e. The van der Waals surface area contributed by atoms with E-state index in [-0.39, 0.29) is 18.9 Å². The van der Waals surface area contributed by atoms with Gasteiger partial charge in [0.1, 0.15) is 17.6 Å². The number of nitrogens with zero attached hydrogens (tertiary/aromatic N) is 2. The molecule has 1 N–H and O–H groups in total. The van der Waals surface area contributed by atoms with Crippen LogP contribution < -0.4 is 19.7 Å². The predicted octanol–water partition coefficient (Wildman–Crippen LogP) is 6.21. The molecule has 4 heterocycles. The average molecular weight is 490 g/mol. The molecule has 1 saturated heterocycles. The maximum atomic E-state index is 6.41. The Bertz CT molecular complexity index is 1390. The van der Waals surface area contributed by atoms with Gasteiger partial charge in [-0.05, 0) is 67.2 Å². The van der Waals surface area contributed by atoms with E-state index in [1.165, 1.54) is 0 Å². The normalized spacial score (nSPS) is 18.9. The van der Waals surface area contributed by atoms with Crippen LogP contribution in [0.25, 0.3) is 11.3 Å². The molecule has 2 aliphatic heterocycles. The number of fused-ring (bicyclic) bond motifs is 1. The minimum atomic E-state index is -0.266. The molecule has 0 unspecified atom stereocenters. The SMILES string of the molecule is Cc1ccc(-c2ccc([C@H]3[C@H](c4ccccn4)NC(=S)N3c3ccc4c(c3)OCO4)o2)cc1Cl. The second kappa shape index (κ2) is 8.34. The molecular formula is C26H20ClN3O3S. The molecule has 170 valence electrons. The number of anilines is 1. The first-order valence-corrected chi connectivity index (χ1v) is 11.6. The fourth-order valence-electron chi connectivity index (χ4n) is 4.37. The summed E-state index contributed by atoms with van der Waals surface area (Å²) >= 11 is 12.2. The van der Waals surface area contributed by atoms with Crippen molar-refractivity contribution in [3.8, 4) is 22.8 Å². The van der Waals surface area contributed by atoms with Crippen LogP contribution in [0.5, 0.6) is 11.5 Å². The first kappa shape index (κ1) is 21.0. The Balaban J connectivity index is 1.44. The molecule has 0 amide bonds. The average Bonchev–Trinajstić information content (AvgIpc) is 3.59. The van der Waals surface area contributed by atoms with Crippen molar-refractivity contribution in [2.45, 2.75) is 19.0 Å². The molecule has 0 bridgehead atoms. The molecule has 2 atom stereocenters. The van der Waals surface area contributed by atoms with Crippen molar-refractivity contribution >= 4 is 34.6 Å². The quantitative estimate of drug-likeness (QED) is 0.342. The third kappa shape index (κ3) is 3.57. The van der Waals surface area contributed by atoms with Gasteiger partial charge in [-0.25, -0.2) is 0 Å². The summed E-state index contributed by atoms with van der Waals surface area (Å²) in [4.78, 5) is 6.63. The highest BCUT2D eigenvalue weighted by molar-refractivity contribution is 7.80. The zero-order valence-electron chi connectivity index (χ0n) is 18.2. The summed E-state index contributed by atoms with van der Waals surface area (Å²) < 4.78 is 17.5.